The number of aromatic amines is 1. The number of hydrogen-bond donors (Lipinski definition) is 3. The molecule has 1 aromatic heterocycles. The van der Waals surface area contributed by atoms with Gasteiger partial charge in [0.05, 0.1) is 29.9 Å². The van der Waals surface area contributed by atoms with Crippen molar-refractivity contribution in [3.05, 3.63) is 28.5 Å². The highest BCUT2D eigenvalue weighted by Gasteiger charge is 2.30. The fourth-order valence-electron chi connectivity index (χ4n) is 3.29. The molecule has 3 N–H and O–H groups in total. The number of hydrogen-bond acceptors (Lipinski definition) is 4. The minimum absolute atomic E-state index is 0.0115. The zero-order valence-corrected chi connectivity index (χ0v) is 12.8. The van der Waals surface area contributed by atoms with Gasteiger partial charge >= 0.3 is 11.9 Å². The Morgan fingerprint density at radius 1 is 1.26 bits per heavy atom. The van der Waals surface area contributed by atoms with Crippen molar-refractivity contribution >= 4 is 22.8 Å². The summed E-state index contributed by atoms with van der Waals surface area (Å²) in [5.41, 5.74) is 1.76. The monoisotopic (exact) mass is 319 g/mol. The van der Waals surface area contributed by atoms with Crippen LogP contribution < -0.4 is 4.74 Å². The van der Waals surface area contributed by atoms with Crippen LogP contribution in [-0.4, -0.2) is 47.5 Å². The summed E-state index contributed by atoms with van der Waals surface area (Å²) in [5, 5.41) is 19.4. The first-order valence-electron chi connectivity index (χ1n) is 7.21. The van der Waals surface area contributed by atoms with E-state index >= 15 is 0 Å². The van der Waals surface area contributed by atoms with Crippen LogP contribution in [0.5, 0.6) is 5.75 Å². The first-order valence-corrected chi connectivity index (χ1v) is 7.21. The van der Waals surface area contributed by atoms with Crippen molar-refractivity contribution in [1.82, 2.24) is 4.98 Å². The van der Waals surface area contributed by atoms with Gasteiger partial charge in [-0.3, -0.25) is 0 Å². The number of benzene rings is 1. The molecule has 1 atom stereocenters. The number of ether oxygens (including phenoxy) is 2. The molecule has 1 unspecified atom stereocenters. The Labute approximate surface area is 131 Å². The Hall–Kier alpha value is -2.54. The third-order valence-electron chi connectivity index (χ3n) is 4.38. The van der Waals surface area contributed by atoms with Gasteiger partial charge in [0.1, 0.15) is 5.75 Å². The lowest BCUT2D eigenvalue weighted by Crippen LogP contribution is -2.21. The van der Waals surface area contributed by atoms with Crippen molar-refractivity contribution < 1.29 is 29.3 Å². The number of aromatic carboxylic acids is 2. The summed E-state index contributed by atoms with van der Waals surface area (Å²) in [4.78, 5) is 26.4. The highest BCUT2D eigenvalue weighted by Crippen LogP contribution is 2.38. The van der Waals surface area contributed by atoms with E-state index in [1.165, 1.54) is 13.2 Å². The van der Waals surface area contributed by atoms with E-state index in [0.29, 0.717) is 29.5 Å². The van der Waals surface area contributed by atoms with Gasteiger partial charge in [0, 0.05) is 24.6 Å². The maximum atomic E-state index is 11.7. The second kappa shape index (κ2) is 5.58. The van der Waals surface area contributed by atoms with Crippen LogP contribution in [0.2, 0.25) is 0 Å². The molecule has 0 radical (unpaired) electrons. The average Bonchev–Trinajstić information content (AvgIpc) is 2.91. The largest absolute Gasteiger partial charge is 0.495 e. The van der Waals surface area contributed by atoms with Gasteiger partial charge in [-0.1, -0.05) is 0 Å². The molecule has 1 aliphatic rings. The zero-order valence-electron chi connectivity index (χ0n) is 12.8. The zero-order chi connectivity index (χ0) is 16.7. The maximum absolute atomic E-state index is 11.7. The summed E-state index contributed by atoms with van der Waals surface area (Å²) in [6, 6.07) is 1.25. The Balaban J connectivity index is 2.40. The number of carbonyl (C=O) groups is 2. The van der Waals surface area contributed by atoms with Gasteiger partial charge in [0.15, 0.2) is 0 Å². The minimum Gasteiger partial charge on any atom is -0.495 e. The lowest BCUT2D eigenvalue weighted by atomic mass is 9.90. The van der Waals surface area contributed by atoms with Gasteiger partial charge in [-0.05, 0) is 24.5 Å². The topological polar surface area (TPSA) is 109 Å². The molecular formula is C16H17NO6. The molecule has 0 amide bonds. The van der Waals surface area contributed by atoms with Crippen LogP contribution in [0.4, 0.5) is 0 Å². The van der Waals surface area contributed by atoms with Crippen LogP contribution >= 0.6 is 0 Å². The van der Waals surface area contributed by atoms with Crippen molar-refractivity contribution in [2.24, 2.45) is 0 Å². The van der Waals surface area contributed by atoms with Crippen LogP contribution in [-0.2, 0) is 17.6 Å². The molecule has 0 bridgehead atoms. The first-order chi connectivity index (χ1) is 11.0. The number of rotatable bonds is 4. The lowest BCUT2D eigenvalue weighted by molar-refractivity contribution is 0.0653. The molecule has 0 fully saturated rings. The summed E-state index contributed by atoms with van der Waals surface area (Å²) in [5.74, 6) is -2.24. The molecule has 7 heteroatoms. The number of H-pyrrole nitrogens is 1. The SMILES string of the molecule is COc1cc(C(=O)O)c(C(=O)O)c2c3c([nH]c12)CCC(OC)C3. The second-order valence-electron chi connectivity index (χ2n) is 5.54. The summed E-state index contributed by atoms with van der Waals surface area (Å²) >= 11 is 0. The molecule has 0 saturated heterocycles. The van der Waals surface area contributed by atoms with Crippen molar-refractivity contribution in [3.63, 3.8) is 0 Å². The Kier molecular flexibility index (Phi) is 3.73. The number of aromatic nitrogens is 1. The highest BCUT2D eigenvalue weighted by molar-refractivity contribution is 6.14. The molecule has 0 saturated carbocycles. The molecule has 122 valence electrons. The van der Waals surface area contributed by atoms with E-state index in [1.54, 1.807) is 7.11 Å². The third-order valence-corrected chi connectivity index (χ3v) is 4.38. The molecule has 2 aromatic rings. The predicted molar refractivity (Wildman–Crippen MR) is 81.6 cm³/mol. The number of carboxylic acids is 2. The maximum Gasteiger partial charge on any atom is 0.337 e. The van der Waals surface area contributed by atoms with Crippen LogP contribution in [0.25, 0.3) is 10.9 Å². The molecule has 23 heavy (non-hydrogen) atoms. The normalized spacial score (nSPS) is 17.0. The van der Waals surface area contributed by atoms with Gasteiger partial charge in [-0.2, -0.15) is 0 Å². The minimum atomic E-state index is -1.29. The summed E-state index contributed by atoms with van der Waals surface area (Å²) in [7, 11) is 3.05. The Bertz CT molecular complexity index is 807. The predicted octanol–water partition coefficient (Wildman–Crippen LogP) is 2.08. The van der Waals surface area contributed by atoms with Crippen LogP contribution in [0.3, 0.4) is 0 Å². The van der Waals surface area contributed by atoms with E-state index in [0.717, 1.165) is 17.7 Å². The smallest absolute Gasteiger partial charge is 0.337 e. The van der Waals surface area contributed by atoms with Crippen molar-refractivity contribution in [1.29, 1.82) is 0 Å². The van der Waals surface area contributed by atoms with Gasteiger partial charge in [0.25, 0.3) is 0 Å². The number of fused-ring (bicyclic) bond motifs is 3. The molecule has 7 nitrogen and oxygen atoms in total. The van der Waals surface area contributed by atoms with E-state index in [1.807, 2.05) is 0 Å². The lowest BCUT2D eigenvalue weighted by Gasteiger charge is -2.21. The fourth-order valence-corrected chi connectivity index (χ4v) is 3.29. The first kappa shape index (κ1) is 15.4. The van der Waals surface area contributed by atoms with Crippen LogP contribution in [0.1, 0.15) is 38.4 Å². The Morgan fingerprint density at radius 3 is 2.57 bits per heavy atom. The van der Waals surface area contributed by atoms with Gasteiger partial charge < -0.3 is 24.7 Å². The third kappa shape index (κ3) is 2.33. The molecule has 3 rings (SSSR count). The summed E-state index contributed by atoms with van der Waals surface area (Å²) in [6.45, 7) is 0. The number of nitrogens with one attached hydrogen (secondary N) is 1. The van der Waals surface area contributed by atoms with Gasteiger partial charge in [-0.15, -0.1) is 0 Å². The van der Waals surface area contributed by atoms with E-state index in [9.17, 15) is 19.8 Å². The fraction of sp³-hybridized carbons (Fsp3) is 0.375. The van der Waals surface area contributed by atoms with Crippen molar-refractivity contribution in [2.75, 3.05) is 14.2 Å². The molecule has 1 aliphatic carbocycles. The van der Waals surface area contributed by atoms with Gasteiger partial charge in [-0.25, -0.2) is 9.59 Å². The van der Waals surface area contributed by atoms with Crippen LogP contribution in [0.15, 0.2) is 6.07 Å². The molecule has 1 aromatic carbocycles. The molecule has 0 spiro atoms. The summed E-state index contributed by atoms with van der Waals surface area (Å²) < 4.78 is 10.7. The van der Waals surface area contributed by atoms with E-state index in [4.69, 9.17) is 9.47 Å². The van der Waals surface area contributed by atoms with Crippen molar-refractivity contribution in [2.45, 2.75) is 25.4 Å². The quantitative estimate of drug-likeness (QED) is 0.796. The van der Waals surface area contributed by atoms with Crippen molar-refractivity contribution in [3.8, 4) is 5.75 Å². The van der Waals surface area contributed by atoms with E-state index in [2.05, 4.69) is 4.98 Å². The molecular weight excluding hydrogens is 302 g/mol. The molecule has 1 heterocycles. The number of methoxy groups -OCH3 is 2. The van der Waals surface area contributed by atoms with Gasteiger partial charge in [0.2, 0.25) is 0 Å². The summed E-state index contributed by atoms with van der Waals surface area (Å²) in [6.07, 6.45) is 2.07. The Morgan fingerprint density at radius 2 is 2.00 bits per heavy atom. The van der Waals surface area contributed by atoms with E-state index in [-0.39, 0.29) is 17.2 Å². The average molecular weight is 319 g/mol. The highest BCUT2D eigenvalue weighted by atomic mass is 16.5. The number of aryl methyl sites for hydroxylation is 1. The van der Waals surface area contributed by atoms with E-state index < -0.39 is 11.9 Å². The standard InChI is InChI=1S/C16H17NO6/c1-22-7-3-4-10-8(5-7)12-13(16(20)21)9(15(18)19)6-11(23-2)14(12)17-10/h6-7,17H,3-5H2,1-2H3,(H,18,19)(H,20,21). The number of carboxylic acid groups (broad SMARTS) is 2. The molecule has 0 aliphatic heterocycles. The second-order valence-corrected chi connectivity index (χ2v) is 5.54. The van der Waals surface area contributed by atoms with Crippen LogP contribution in [0, 0.1) is 0 Å².